The van der Waals surface area contributed by atoms with E-state index in [1.807, 2.05) is 39.2 Å². The Kier molecular flexibility index (Phi) is 8.26. The van der Waals surface area contributed by atoms with Gasteiger partial charge in [0.2, 0.25) is 0 Å². The zero-order chi connectivity index (χ0) is 21.3. The van der Waals surface area contributed by atoms with Gasteiger partial charge in [0.25, 0.3) is 0 Å². The molecule has 0 amide bonds. The van der Waals surface area contributed by atoms with Crippen molar-refractivity contribution in [3.05, 3.63) is 45.3 Å². The number of hydrogen-bond donors (Lipinski definition) is 2. The van der Waals surface area contributed by atoms with E-state index in [4.69, 9.17) is 14.5 Å². The number of aryl methyl sites for hydroxylation is 2. The Morgan fingerprint density at radius 1 is 1.27 bits per heavy atom. The first-order chi connectivity index (χ1) is 14.7. The highest BCUT2D eigenvalue weighted by molar-refractivity contribution is 7.12. The van der Waals surface area contributed by atoms with Crippen LogP contribution in [0.2, 0.25) is 0 Å². The Labute approximate surface area is 182 Å². The van der Waals surface area contributed by atoms with Crippen LogP contribution in [0.1, 0.15) is 40.3 Å². The number of piperidine rings is 1. The van der Waals surface area contributed by atoms with E-state index >= 15 is 0 Å². The average molecular weight is 427 g/mol. The van der Waals surface area contributed by atoms with Crippen molar-refractivity contribution in [1.82, 2.24) is 15.8 Å². The molecule has 1 fully saturated rings. The Bertz CT molecular complexity index is 983. The zero-order valence-electron chi connectivity index (χ0n) is 18.0. The van der Waals surface area contributed by atoms with Gasteiger partial charge in [-0.05, 0) is 90.0 Å². The van der Waals surface area contributed by atoms with E-state index in [0.717, 1.165) is 58.3 Å². The number of nitrogens with zero attached hydrogens (tertiary/aromatic N) is 2. The first-order valence-corrected chi connectivity index (χ1v) is 11.3. The maximum Gasteiger partial charge on any atom is 0.173 e. The van der Waals surface area contributed by atoms with Gasteiger partial charge in [0, 0.05) is 15.8 Å². The molecule has 0 unspecified atom stereocenters. The van der Waals surface area contributed by atoms with E-state index in [9.17, 15) is 0 Å². The quantitative estimate of drug-likeness (QED) is 0.607. The lowest BCUT2D eigenvalue weighted by Gasteiger charge is -2.21. The van der Waals surface area contributed by atoms with E-state index in [2.05, 4.69) is 27.9 Å². The molecule has 7 heteroatoms. The monoisotopic (exact) mass is 426 g/mol. The highest BCUT2D eigenvalue weighted by atomic mass is 32.1. The molecule has 1 saturated heterocycles. The lowest BCUT2D eigenvalue weighted by atomic mass is 9.92. The number of fused-ring (bicyclic) bond motifs is 1. The van der Waals surface area contributed by atoms with Crippen LogP contribution in [-0.4, -0.2) is 32.3 Å². The Hall–Kier alpha value is -2.40. The lowest BCUT2D eigenvalue weighted by Crippen LogP contribution is -2.27. The largest absolute Gasteiger partial charge is 0.488 e. The molecule has 3 aromatic rings. The number of hydrogen-bond acceptors (Lipinski definition) is 7. The van der Waals surface area contributed by atoms with Crippen LogP contribution in [-0.2, 0) is 13.0 Å². The summed E-state index contributed by atoms with van der Waals surface area (Å²) >= 11 is 1.46. The summed E-state index contributed by atoms with van der Waals surface area (Å²) in [5, 5.41) is 20.5. The number of thiophene rings is 1. The molecule has 1 aliphatic rings. The van der Waals surface area contributed by atoms with Gasteiger partial charge in [0.15, 0.2) is 5.58 Å². The second kappa shape index (κ2) is 11.1. The molecule has 160 valence electrons. The van der Waals surface area contributed by atoms with Crippen LogP contribution in [0.3, 0.4) is 0 Å². The third-order valence-electron chi connectivity index (χ3n) is 5.30. The minimum absolute atomic E-state index is 0.454. The summed E-state index contributed by atoms with van der Waals surface area (Å²) in [4.78, 5) is 1.74. The van der Waals surface area contributed by atoms with Crippen LogP contribution in [0.4, 0.5) is 0 Å². The molecule has 3 heterocycles. The van der Waals surface area contributed by atoms with Gasteiger partial charge in [-0.25, -0.2) is 0 Å². The average Bonchev–Trinajstić information content (AvgIpc) is 3.40. The van der Waals surface area contributed by atoms with Crippen molar-refractivity contribution in [2.75, 3.05) is 27.2 Å². The summed E-state index contributed by atoms with van der Waals surface area (Å²) in [5.41, 5.74) is 2.84. The predicted molar refractivity (Wildman–Crippen MR) is 121 cm³/mol. The third-order valence-corrected chi connectivity index (χ3v) is 6.27. The Morgan fingerprint density at radius 3 is 2.73 bits per heavy atom. The number of nitriles is 1. The van der Waals surface area contributed by atoms with Crippen LogP contribution in [0.15, 0.2) is 28.8 Å². The van der Waals surface area contributed by atoms with Gasteiger partial charge in [0.05, 0.1) is 5.69 Å². The van der Waals surface area contributed by atoms with Gasteiger partial charge in [-0.1, -0.05) is 5.16 Å². The molecular formula is C23H30N4O2S. The van der Waals surface area contributed by atoms with Gasteiger partial charge in [0.1, 0.15) is 23.3 Å². The number of rotatable bonds is 6. The molecule has 6 nitrogen and oxygen atoms in total. The topological polar surface area (TPSA) is 83.1 Å². The number of benzene rings is 1. The molecule has 0 bridgehead atoms. The van der Waals surface area contributed by atoms with Crippen molar-refractivity contribution >= 4 is 22.3 Å². The second-order valence-electron chi connectivity index (χ2n) is 7.59. The fourth-order valence-electron chi connectivity index (χ4n) is 3.68. The van der Waals surface area contributed by atoms with Gasteiger partial charge < -0.3 is 19.9 Å². The van der Waals surface area contributed by atoms with Crippen molar-refractivity contribution in [3.63, 3.8) is 0 Å². The maximum atomic E-state index is 8.93. The van der Waals surface area contributed by atoms with Gasteiger partial charge in [-0.3, -0.25) is 0 Å². The molecule has 0 aliphatic carbocycles. The molecule has 0 radical (unpaired) electrons. The Balaban J connectivity index is 0.000000806. The highest BCUT2D eigenvalue weighted by Gasteiger charge is 2.17. The van der Waals surface area contributed by atoms with Crippen molar-refractivity contribution < 1.29 is 9.26 Å². The molecule has 30 heavy (non-hydrogen) atoms. The van der Waals surface area contributed by atoms with Gasteiger partial charge in [-0.15, -0.1) is 11.3 Å². The summed E-state index contributed by atoms with van der Waals surface area (Å²) in [6, 6.07) is 9.97. The smallest absolute Gasteiger partial charge is 0.173 e. The molecule has 0 atom stereocenters. The molecular weight excluding hydrogens is 396 g/mol. The van der Waals surface area contributed by atoms with E-state index in [1.54, 1.807) is 0 Å². The van der Waals surface area contributed by atoms with Crippen LogP contribution < -0.4 is 15.4 Å². The summed E-state index contributed by atoms with van der Waals surface area (Å²) in [7, 11) is 3.75. The van der Waals surface area contributed by atoms with Crippen LogP contribution >= 0.6 is 11.3 Å². The van der Waals surface area contributed by atoms with Gasteiger partial charge >= 0.3 is 0 Å². The fourth-order valence-corrected chi connectivity index (χ4v) is 4.40. The summed E-state index contributed by atoms with van der Waals surface area (Å²) in [6.07, 6.45) is 4.63. The first kappa shape index (κ1) is 22.3. The lowest BCUT2D eigenvalue weighted by molar-refractivity contribution is 0.307. The molecule has 2 N–H and O–H groups in total. The third kappa shape index (κ3) is 5.60. The van der Waals surface area contributed by atoms with Crippen LogP contribution in [0.25, 0.3) is 11.0 Å². The minimum Gasteiger partial charge on any atom is -0.488 e. The van der Waals surface area contributed by atoms with Crippen molar-refractivity contribution in [1.29, 1.82) is 5.26 Å². The van der Waals surface area contributed by atoms with Crippen LogP contribution in [0.5, 0.6) is 5.75 Å². The van der Waals surface area contributed by atoms with Crippen molar-refractivity contribution in [2.24, 2.45) is 5.92 Å². The zero-order valence-corrected chi connectivity index (χ0v) is 18.8. The number of ether oxygens (including phenoxy) is 1. The first-order valence-electron chi connectivity index (χ1n) is 10.4. The normalized spacial score (nSPS) is 14.2. The fraction of sp³-hybridized carbons (Fsp3) is 0.478. The maximum absolute atomic E-state index is 8.93. The van der Waals surface area contributed by atoms with E-state index < -0.39 is 0 Å². The van der Waals surface area contributed by atoms with Crippen LogP contribution in [0, 0.1) is 24.2 Å². The van der Waals surface area contributed by atoms with Gasteiger partial charge in [-0.2, -0.15) is 5.26 Å². The summed E-state index contributed by atoms with van der Waals surface area (Å²) in [5.74, 6) is 1.58. The molecule has 4 rings (SSSR count). The van der Waals surface area contributed by atoms with E-state index in [0.29, 0.717) is 11.5 Å². The Morgan fingerprint density at radius 2 is 2.03 bits per heavy atom. The summed E-state index contributed by atoms with van der Waals surface area (Å²) in [6.45, 7) is 4.72. The summed E-state index contributed by atoms with van der Waals surface area (Å²) < 4.78 is 11.6. The molecule has 1 aromatic carbocycles. The second-order valence-corrected chi connectivity index (χ2v) is 8.76. The van der Waals surface area contributed by atoms with Crippen molar-refractivity contribution in [2.45, 2.75) is 39.2 Å². The number of aromatic nitrogens is 1. The van der Waals surface area contributed by atoms with E-state index in [-0.39, 0.29) is 0 Å². The SMILES string of the molecule is CNC.Cc1c(OCc2ccc(C#N)s2)ccc2c(CCC3CCNCC3)noc12. The predicted octanol–water partition coefficient (Wildman–Crippen LogP) is 4.42. The molecule has 2 aromatic heterocycles. The minimum atomic E-state index is 0.454. The highest BCUT2D eigenvalue weighted by Crippen LogP contribution is 2.31. The standard InChI is InChI=1S/C21H23N3O2S.C2H7N/c1-14-20(25-13-17-4-3-16(12-22)27-17)7-5-18-19(24-26-21(14)18)6-2-15-8-10-23-11-9-15;1-3-2/h3-5,7,15,23H,2,6,8-11,13H2,1H3;3H,1-2H3. The molecule has 0 spiro atoms. The number of nitrogens with one attached hydrogen (secondary N) is 2. The van der Waals surface area contributed by atoms with E-state index in [1.165, 1.54) is 30.6 Å². The molecule has 0 saturated carbocycles. The molecule has 1 aliphatic heterocycles. The van der Waals surface area contributed by atoms with Crippen molar-refractivity contribution in [3.8, 4) is 11.8 Å².